The quantitative estimate of drug-likeness (QED) is 0.399. The van der Waals surface area contributed by atoms with Crippen LogP contribution in [0.3, 0.4) is 0 Å². The number of carbonyl (C=O) groups is 2. The highest BCUT2D eigenvalue weighted by Gasteiger charge is 2.24. The van der Waals surface area contributed by atoms with Gasteiger partial charge in [-0.3, -0.25) is 4.79 Å². The van der Waals surface area contributed by atoms with E-state index in [9.17, 15) is 19.5 Å². The number of amides is 1. The molecule has 0 bridgehead atoms. The first kappa shape index (κ1) is 24.1. The van der Waals surface area contributed by atoms with Crippen molar-refractivity contribution < 1.29 is 23.5 Å². The lowest BCUT2D eigenvalue weighted by molar-refractivity contribution is -0.308. The lowest BCUT2D eigenvalue weighted by Gasteiger charge is -2.20. The number of carbonyl (C=O) groups excluding carboxylic acids is 2. The van der Waals surface area contributed by atoms with Crippen LogP contribution in [0, 0.1) is 13.8 Å². The smallest absolute Gasteiger partial charge is 0.340 e. The molecular formula is C28H25ClNO6-. The van der Waals surface area contributed by atoms with Crippen molar-refractivity contribution in [1.29, 1.82) is 0 Å². The third-order valence-corrected chi connectivity index (χ3v) is 7.29. The molecule has 186 valence electrons. The number of benzene rings is 2. The maximum Gasteiger partial charge on any atom is 0.340 e. The monoisotopic (exact) mass is 506 g/mol. The van der Waals surface area contributed by atoms with Gasteiger partial charge in [-0.2, -0.15) is 0 Å². The fourth-order valence-corrected chi connectivity index (χ4v) is 5.20. The molecule has 0 fully saturated rings. The zero-order chi connectivity index (χ0) is 25.6. The first-order valence-corrected chi connectivity index (χ1v) is 12.4. The summed E-state index contributed by atoms with van der Waals surface area (Å²) in [6.07, 6.45) is 3.74. The van der Waals surface area contributed by atoms with Crippen molar-refractivity contribution in [3.05, 3.63) is 79.4 Å². The van der Waals surface area contributed by atoms with E-state index in [4.69, 9.17) is 20.4 Å². The highest BCUT2D eigenvalue weighted by molar-refractivity contribution is 6.30. The zero-order valence-electron chi connectivity index (χ0n) is 20.0. The van der Waals surface area contributed by atoms with Crippen molar-refractivity contribution in [2.24, 2.45) is 0 Å². The lowest BCUT2D eigenvalue weighted by atomic mass is 9.93. The van der Waals surface area contributed by atoms with Gasteiger partial charge < -0.3 is 24.1 Å². The van der Waals surface area contributed by atoms with Crippen molar-refractivity contribution in [3.63, 3.8) is 0 Å². The number of nitrogens with one attached hydrogen (secondary N) is 1. The van der Waals surface area contributed by atoms with Crippen molar-refractivity contribution in [2.75, 3.05) is 0 Å². The molecule has 5 rings (SSSR count). The van der Waals surface area contributed by atoms with Gasteiger partial charge in [0.1, 0.15) is 16.9 Å². The Morgan fingerprint density at radius 1 is 1.03 bits per heavy atom. The molecule has 1 aliphatic carbocycles. The number of halogens is 1. The van der Waals surface area contributed by atoms with E-state index in [0.717, 1.165) is 53.4 Å². The molecule has 2 aromatic carbocycles. The number of carboxylic acid groups (broad SMARTS) is 1. The molecule has 4 aromatic rings. The second-order valence-electron chi connectivity index (χ2n) is 9.41. The van der Waals surface area contributed by atoms with Crippen LogP contribution in [0.25, 0.3) is 21.9 Å². The largest absolute Gasteiger partial charge is 0.548 e. The number of fused-ring (bicyclic) bond motifs is 4. The van der Waals surface area contributed by atoms with Gasteiger partial charge in [0.2, 0.25) is 5.91 Å². The number of furan rings is 1. The molecule has 2 heterocycles. The van der Waals surface area contributed by atoms with E-state index in [-0.39, 0.29) is 18.4 Å². The normalized spacial score (nSPS) is 14.1. The Labute approximate surface area is 212 Å². The SMILES string of the molecule is Cc1c(CC(=O)N[C@H](Cc2ccc(Cl)cc2)C(=O)[O-])c(=O)oc2c(C)c3oc4c(c3cc12)CCCC4. The molecule has 0 saturated heterocycles. The molecule has 1 aliphatic rings. The molecule has 7 nitrogen and oxygen atoms in total. The van der Waals surface area contributed by atoms with Crippen LogP contribution in [0.4, 0.5) is 0 Å². The van der Waals surface area contributed by atoms with E-state index in [2.05, 4.69) is 5.32 Å². The third kappa shape index (κ3) is 4.39. The van der Waals surface area contributed by atoms with Crippen molar-refractivity contribution in [1.82, 2.24) is 5.32 Å². The van der Waals surface area contributed by atoms with Gasteiger partial charge in [-0.1, -0.05) is 23.7 Å². The Morgan fingerprint density at radius 3 is 2.44 bits per heavy atom. The molecule has 0 saturated carbocycles. The van der Waals surface area contributed by atoms with Crippen LogP contribution in [0.5, 0.6) is 0 Å². The highest BCUT2D eigenvalue weighted by Crippen LogP contribution is 2.37. The molecule has 0 unspecified atom stereocenters. The van der Waals surface area contributed by atoms with Crippen LogP contribution in [-0.2, 0) is 35.3 Å². The van der Waals surface area contributed by atoms with Gasteiger partial charge >= 0.3 is 5.63 Å². The van der Waals surface area contributed by atoms with Crippen LogP contribution < -0.4 is 16.0 Å². The summed E-state index contributed by atoms with van der Waals surface area (Å²) in [6, 6.07) is 7.38. The summed E-state index contributed by atoms with van der Waals surface area (Å²) < 4.78 is 11.8. The Balaban J connectivity index is 1.46. The van der Waals surface area contributed by atoms with E-state index in [1.165, 1.54) is 5.56 Å². The number of hydrogen-bond acceptors (Lipinski definition) is 6. The Kier molecular flexibility index (Phi) is 6.35. The van der Waals surface area contributed by atoms with Gasteiger partial charge in [-0.05, 0) is 68.9 Å². The number of rotatable bonds is 6. The highest BCUT2D eigenvalue weighted by atomic mass is 35.5. The maximum absolute atomic E-state index is 12.9. The Bertz CT molecular complexity index is 1560. The number of aryl methyl sites for hydroxylation is 4. The number of aliphatic carboxylic acids is 1. The summed E-state index contributed by atoms with van der Waals surface area (Å²) >= 11 is 5.88. The average molecular weight is 507 g/mol. The summed E-state index contributed by atoms with van der Waals surface area (Å²) in [5, 5.41) is 16.4. The van der Waals surface area contributed by atoms with E-state index in [1.807, 2.05) is 13.0 Å². The van der Waals surface area contributed by atoms with Crippen LogP contribution in [-0.4, -0.2) is 17.9 Å². The predicted molar refractivity (Wildman–Crippen MR) is 134 cm³/mol. The minimum atomic E-state index is -1.41. The van der Waals surface area contributed by atoms with Crippen LogP contribution in [0.15, 0.2) is 44.0 Å². The molecule has 8 heteroatoms. The van der Waals surface area contributed by atoms with E-state index >= 15 is 0 Å². The van der Waals surface area contributed by atoms with Crippen LogP contribution >= 0.6 is 11.6 Å². The second-order valence-corrected chi connectivity index (χ2v) is 9.84. The van der Waals surface area contributed by atoms with Crippen LogP contribution in [0.1, 0.15) is 46.4 Å². The molecule has 0 spiro atoms. The van der Waals surface area contributed by atoms with E-state index < -0.39 is 23.5 Å². The van der Waals surface area contributed by atoms with Gasteiger partial charge in [0.15, 0.2) is 0 Å². The third-order valence-electron chi connectivity index (χ3n) is 7.03. The molecule has 2 aromatic heterocycles. The van der Waals surface area contributed by atoms with Gasteiger partial charge in [-0.15, -0.1) is 0 Å². The molecule has 0 aliphatic heterocycles. The summed E-state index contributed by atoms with van der Waals surface area (Å²) in [5.41, 5.74) is 4.01. The maximum atomic E-state index is 12.9. The fourth-order valence-electron chi connectivity index (χ4n) is 5.08. The summed E-state index contributed by atoms with van der Waals surface area (Å²) in [7, 11) is 0. The fraction of sp³-hybridized carbons (Fsp3) is 0.321. The summed E-state index contributed by atoms with van der Waals surface area (Å²) in [5.74, 6) is -1.03. The molecule has 1 amide bonds. The van der Waals surface area contributed by atoms with Crippen LogP contribution in [0.2, 0.25) is 5.02 Å². The van der Waals surface area contributed by atoms with Gasteiger partial charge in [0.05, 0.1) is 24.0 Å². The first-order valence-electron chi connectivity index (χ1n) is 12.0. The van der Waals surface area contributed by atoms with Gasteiger partial charge in [-0.25, -0.2) is 4.79 Å². The molecule has 36 heavy (non-hydrogen) atoms. The Hall–Kier alpha value is -3.58. The molecular weight excluding hydrogens is 482 g/mol. The first-order chi connectivity index (χ1) is 17.2. The predicted octanol–water partition coefficient (Wildman–Crippen LogP) is 3.71. The Morgan fingerprint density at radius 2 is 1.72 bits per heavy atom. The zero-order valence-corrected chi connectivity index (χ0v) is 20.8. The molecule has 0 radical (unpaired) electrons. The average Bonchev–Trinajstić information content (AvgIpc) is 3.22. The van der Waals surface area contributed by atoms with Crippen molar-refractivity contribution in [3.8, 4) is 0 Å². The number of hydrogen-bond donors (Lipinski definition) is 1. The minimum Gasteiger partial charge on any atom is -0.548 e. The molecule has 1 atom stereocenters. The second kappa shape index (κ2) is 9.47. The minimum absolute atomic E-state index is 0.0271. The lowest BCUT2D eigenvalue weighted by Crippen LogP contribution is -2.49. The van der Waals surface area contributed by atoms with Crippen molar-refractivity contribution >= 4 is 45.4 Å². The molecule has 1 N–H and O–H groups in total. The number of carboxylic acids is 1. The summed E-state index contributed by atoms with van der Waals surface area (Å²) in [6.45, 7) is 3.65. The van der Waals surface area contributed by atoms with E-state index in [1.54, 1.807) is 31.2 Å². The standard InChI is InChI=1S/C28H26ClNO6/c1-14-19-12-21-18-5-3-4-6-23(18)35-26(21)15(2)25(19)36-28(34)20(14)13-24(31)30-22(27(32)33)11-16-7-9-17(29)10-8-16/h7-10,12,22H,3-6,11,13H2,1-2H3,(H,30,31)(H,32,33)/p-1/t22-/m1/s1. The van der Waals surface area contributed by atoms with Gasteiger partial charge in [0, 0.05) is 33.3 Å². The van der Waals surface area contributed by atoms with E-state index in [0.29, 0.717) is 21.7 Å². The topological polar surface area (TPSA) is 113 Å². The van der Waals surface area contributed by atoms with Gasteiger partial charge in [0.25, 0.3) is 0 Å². The van der Waals surface area contributed by atoms with Crippen molar-refractivity contribution in [2.45, 2.75) is 58.4 Å². The summed E-state index contributed by atoms with van der Waals surface area (Å²) in [4.78, 5) is 37.4.